The molecule has 1 aromatic carbocycles. The summed E-state index contributed by atoms with van der Waals surface area (Å²) in [5.41, 5.74) is 7.45. The standard InChI is InChI=1S/C15H18N2O3S/c1-18-13-5-4-10(12-8-17-20-15(12)16)7-14(13)19-11-3-2-6-21-9-11/h4-5,7-8,11H,2-3,6,9,16H2,1H3. The van der Waals surface area contributed by atoms with Crippen LogP contribution in [0.2, 0.25) is 0 Å². The van der Waals surface area contributed by atoms with Crippen LogP contribution in [0.15, 0.2) is 28.9 Å². The van der Waals surface area contributed by atoms with Crippen molar-refractivity contribution in [2.45, 2.75) is 18.9 Å². The van der Waals surface area contributed by atoms with Gasteiger partial charge in [0.1, 0.15) is 6.10 Å². The summed E-state index contributed by atoms with van der Waals surface area (Å²) in [6.45, 7) is 0. The lowest BCUT2D eigenvalue weighted by molar-refractivity contribution is 0.202. The Morgan fingerprint density at radius 1 is 1.38 bits per heavy atom. The van der Waals surface area contributed by atoms with E-state index in [0.29, 0.717) is 5.88 Å². The molecule has 0 saturated carbocycles. The van der Waals surface area contributed by atoms with Gasteiger partial charge < -0.3 is 19.7 Å². The van der Waals surface area contributed by atoms with Gasteiger partial charge in [0.15, 0.2) is 11.5 Å². The highest BCUT2D eigenvalue weighted by Crippen LogP contribution is 2.36. The Morgan fingerprint density at radius 3 is 2.95 bits per heavy atom. The quantitative estimate of drug-likeness (QED) is 0.935. The van der Waals surface area contributed by atoms with E-state index in [1.807, 2.05) is 30.0 Å². The molecule has 1 aliphatic heterocycles. The van der Waals surface area contributed by atoms with Crippen LogP contribution in [-0.4, -0.2) is 29.9 Å². The molecule has 1 aliphatic rings. The molecule has 1 aromatic heterocycles. The third kappa shape index (κ3) is 3.10. The summed E-state index contributed by atoms with van der Waals surface area (Å²) in [6, 6.07) is 5.73. The molecular formula is C15H18N2O3S. The Balaban J connectivity index is 1.88. The van der Waals surface area contributed by atoms with Crippen molar-refractivity contribution in [2.75, 3.05) is 24.3 Å². The minimum absolute atomic E-state index is 0.229. The average molecular weight is 306 g/mol. The first kappa shape index (κ1) is 14.1. The largest absolute Gasteiger partial charge is 0.493 e. The van der Waals surface area contributed by atoms with Crippen molar-refractivity contribution in [3.8, 4) is 22.6 Å². The lowest BCUT2D eigenvalue weighted by Gasteiger charge is -2.24. The molecule has 0 radical (unpaired) electrons. The zero-order chi connectivity index (χ0) is 14.7. The van der Waals surface area contributed by atoms with Gasteiger partial charge in [-0.2, -0.15) is 11.8 Å². The number of benzene rings is 1. The number of nitrogens with zero attached hydrogens (tertiary/aromatic N) is 1. The molecule has 6 heteroatoms. The normalized spacial score (nSPS) is 18.4. The molecule has 3 rings (SSSR count). The number of thioether (sulfide) groups is 1. The molecule has 2 aromatic rings. The number of anilines is 1. The summed E-state index contributed by atoms with van der Waals surface area (Å²) in [7, 11) is 1.64. The molecule has 0 aliphatic carbocycles. The Bertz CT molecular complexity index is 609. The van der Waals surface area contributed by atoms with Crippen LogP contribution in [0.1, 0.15) is 12.8 Å². The first-order valence-corrected chi connectivity index (χ1v) is 8.06. The van der Waals surface area contributed by atoms with Gasteiger partial charge in [0.25, 0.3) is 0 Å². The van der Waals surface area contributed by atoms with Gasteiger partial charge in [-0.25, -0.2) is 0 Å². The number of rotatable bonds is 4. The highest BCUT2D eigenvalue weighted by Gasteiger charge is 2.18. The monoisotopic (exact) mass is 306 g/mol. The molecular weight excluding hydrogens is 288 g/mol. The van der Waals surface area contributed by atoms with Gasteiger partial charge in [0.05, 0.1) is 18.9 Å². The van der Waals surface area contributed by atoms with Crippen LogP contribution in [0.5, 0.6) is 11.5 Å². The number of aromatic nitrogens is 1. The molecule has 5 nitrogen and oxygen atoms in total. The van der Waals surface area contributed by atoms with Crippen molar-refractivity contribution in [2.24, 2.45) is 0 Å². The molecule has 1 fully saturated rings. The third-order valence-electron chi connectivity index (χ3n) is 3.49. The fourth-order valence-corrected chi connectivity index (χ4v) is 3.42. The average Bonchev–Trinajstić information content (AvgIpc) is 2.94. The summed E-state index contributed by atoms with van der Waals surface area (Å²) < 4.78 is 16.4. The molecule has 2 N–H and O–H groups in total. The van der Waals surface area contributed by atoms with Crippen LogP contribution in [0, 0.1) is 0 Å². The molecule has 21 heavy (non-hydrogen) atoms. The van der Waals surface area contributed by atoms with E-state index >= 15 is 0 Å². The number of nitrogens with two attached hydrogens (primary N) is 1. The summed E-state index contributed by atoms with van der Waals surface area (Å²) in [6.07, 6.45) is 4.11. The van der Waals surface area contributed by atoms with Gasteiger partial charge in [-0.05, 0) is 36.3 Å². The first-order chi connectivity index (χ1) is 10.3. The van der Waals surface area contributed by atoms with Gasteiger partial charge in [0.2, 0.25) is 5.88 Å². The topological polar surface area (TPSA) is 70.5 Å². The number of hydrogen-bond donors (Lipinski definition) is 1. The minimum Gasteiger partial charge on any atom is -0.493 e. The SMILES string of the molecule is COc1ccc(-c2cnoc2N)cc1OC1CCCSC1. The molecule has 1 saturated heterocycles. The number of methoxy groups -OCH3 is 1. The fourth-order valence-electron chi connectivity index (χ4n) is 2.39. The van der Waals surface area contributed by atoms with E-state index in [9.17, 15) is 0 Å². The highest BCUT2D eigenvalue weighted by molar-refractivity contribution is 7.99. The molecule has 2 heterocycles. The maximum absolute atomic E-state index is 6.12. The Morgan fingerprint density at radius 2 is 2.29 bits per heavy atom. The summed E-state index contributed by atoms with van der Waals surface area (Å²) in [4.78, 5) is 0. The smallest absolute Gasteiger partial charge is 0.229 e. The van der Waals surface area contributed by atoms with E-state index in [1.54, 1.807) is 13.3 Å². The zero-order valence-electron chi connectivity index (χ0n) is 11.9. The third-order valence-corrected chi connectivity index (χ3v) is 4.67. The Kier molecular flexibility index (Phi) is 4.24. The minimum atomic E-state index is 0.229. The molecule has 0 amide bonds. The molecule has 0 spiro atoms. The second-order valence-electron chi connectivity index (χ2n) is 4.93. The van der Waals surface area contributed by atoms with Crippen LogP contribution < -0.4 is 15.2 Å². The van der Waals surface area contributed by atoms with E-state index in [4.69, 9.17) is 19.7 Å². The molecule has 1 atom stereocenters. The number of ether oxygens (including phenoxy) is 2. The van der Waals surface area contributed by atoms with Crippen molar-refractivity contribution < 1.29 is 14.0 Å². The number of nitrogen functional groups attached to an aromatic ring is 1. The maximum Gasteiger partial charge on any atom is 0.229 e. The molecule has 1 unspecified atom stereocenters. The number of hydrogen-bond acceptors (Lipinski definition) is 6. The van der Waals surface area contributed by atoms with Crippen molar-refractivity contribution in [3.05, 3.63) is 24.4 Å². The summed E-state index contributed by atoms with van der Waals surface area (Å²) in [5, 5.41) is 3.71. The van der Waals surface area contributed by atoms with Crippen molar-refractivity contribution in [1.82, 2.24) is 5.16 Å². The van der Waals surface area contributed by atoms with E-state index in [-0.39, 0.29) is 6.10 Å². The highest BCUT2D eigenvalue weighted by atomic mass is 32.2. The van der Waals surface area contributed by atoms with E-state index in [2.05, 4.69) is 5.16 Å². The summed E-state index contributed by atoms with van der Waals surface area (Å²) in [5.74, 6) is 4.00. The predicted molar refractivity (Wildman–Crippen MR) is 83.9 cm³/mol. The fraction of sp³-hybridized carbons (Fsp3) is 0.400. The molecule has 0 bridgehead atoms. The van der Waals surface area contributed by atoms with Crippen molar-refractivity contribution in [3.63, 3.8) is 0 Å². The lowest BCUT2D eigenvalue weighted by atomic mass is 10.1. The van der Waals surface area contributed by atoms with Crippen LogP contribution in [-0.2, 0) is 0 Å². The van der Waals surface area contributed by atoms with Crippen LogP contribution in [0.3, 0.4) is 0 Å². The van der Waals surface area contributed by atoms with Crippen LogP contribution >= 0.6 is 11.8 Å². The van der Waals surface area contributed by atoms with E-state index in [1.165, 1.54) is 12.2 Å². The predicted octanol–water partition coefficient (Wildman–Crippen LogP) is 3.21. The van der Waals surface area contributed by atoms with E-state index < -0.39 is 0 Å². The maximum atomic E-state index is 6.12. The van der Waals surface area contributed by atoms with Gasteiger partial charge >= 0.3 is 0 Å². The van der Waals surface area contributed by atoms with Gasteiger partial charge in [-0.1, -0.05) is 11.2 Å². The Labute approximate surface area is 127 Å². The van der Waals surface area contributed by atoms with Gasteiger partial charge in [-0.15, -0.1) is 0 Å². The second kappa shape index (κ2) is 6.30. The van der Waals surface area contributed by atoms with Crippen molar-refractivity contribution >= 4 is 17.6 Å². The van der Waals surface area contributed by atoms with E-state index in [0.717, 1.165) is 34.8 Å². The van der Waals surface area contributed by atoms with Gasteiger partial charge in [-0.3, -0.25) is 0 Å². The lowest BCUT2D eigenvalue weighted by Crippen LogP contribution is -2.23. The van der Waals surface area contributed by atoms with Crippen LogP contribution in [0.25, 0.3) is 11.1 Å². The molecule has 112 valence electrons. The Hall–Kier alpha value is -1.82. The summed E-state index contributed by atoms with van der Waals surface area (Å²) >= 11 is 1.93. The zero-order valence-corrected chi connectivity index (χ0v) is 12.7. The second-order valence-corrected chi connectivity index (χ2v) is 6.08. The first-order valence-electron chi connectivity index (χ1n) is 6.91. The van der Waals surface area contributed by atoms with Gasteiger partial charge in [0, 0.05) is 5.75 Å². The van der Waals surface area contributed by atoms with Crippen LogP contribution in [0.4, 0.5) is 5.88 Å². The van der Waals surface area contributed by atoms with Crippen molar-refractivity contribution in [1.29, 1.82) is 0 Å².